The highest BCUT2D eigenvalue weighted by Crippen LogP contribution is 2.12. The number of rotatable bonds is 3. The molecule has 1 atom stereocenters. The van der Waals surface area contributed by atoms with E-state index < -0.39 is 6.10 Å². The Labute approximate surface area is 92.2 Å². The van der Waals surface area contributed by atoms with Crippen LogP contribution in [0.5, 0.6) is 0 Å². The second-order valence-corrected chi connectivity index (χ2v) is 3.50. The first-order chi connectivity index (χ1) is 7.65. The van der Waals surface area contributed by atoms with Gasteiger partial charge in [0.25, 0.3) is 0 Å². The quantitative estimate of drug-likeness (QED) is 0.756. The zero-order chi connectivity index (χ0) is 11.5. The van der Waals surface area contributed by atoms with Crippen LogP contribution in [-0.2, 0) is 13.5 Å². The first-order valence-electron chi connectivity index (χ1n) is 4.84. The van der Waals surface area contributed by atoms with Gasteiger partial charge in [0.15, 0.2) is 5.82 Å². The lowest BCUT2D eigenvalue weighted by molar-refractivity contribution is 0.170. The summed E-state index contributed by atoms with van der Waals surface area (Å²) in [5, 5.41) is 21.3. The number of hydrogen-bond donors (Lipinski definition) is 1. The van der Waals surface area contributed by atoms with Crippen molar-refractivity contribution in [2.45, 2.75) is 19.4 Å². The molecule has 0 aliphatic carbocycles. The Hall–Kier alpha value is -1.89. The highest BCUT2D eigenvalue weighted by Gasteiger charge is 2.13. The smallest absolute Gasteiger partial charge is 0.177 e. The van der Waals surface area contributed by atoms with Crippen molar-refractivity contribution in [3.05, 3.63) is 29.6 Å². The Morgan fingerprint density at radius 3 is 2.75 bits per heavy atom. The molecule has 0 aliphatic heterocycles. The molecule has 2 aromatic heterocycles. The van der Waals surface area contributed by atoms with Crippen LogP contribution in [0.2, 0.25) is 0 Å². The molecule has 0 aromatic carbocycles. The molecule has 0 spiro atoms. The molecule has 0 amide bonds. The van der Waals surface area contributed by atoms with Crippen molar-refractivity contribution in [3.63, 3.8) is 0 Å². The Kier molecular flexibility index (Phi) is 2.86. The Morgan fingerprint density at radius 1 is 1.38 bits per heavy atom. The van der Waals surface area contributed by atoms with E-state index in [-0.39, 0.29) is 6.42 Å². The van der Waals surface area contributed by atoms with E-state index >= 15 is 0 Å². The van der Waals surface area contributed by atoms with E-state index in [1.54, 1.807) is 19.4 Å². The molecule has 0 saturated heterocycles. The fourth-order valence-corrected chi connectivity index (χ4v) is 1.26. The Bertz CT molecular complexity index is 465. The maximum Gasteiger partial charge on any atom is 0.177 e. The largest absolute Gasteiger partial charge is 0.386 e. The number of nitrogens with zero attached hydrogens (tertiary/aromatic N) is 6. The van der Waals surface area contributed by atoms with Gasteiger partial charge in [-0.3, -0.25) is 9.97 Å². The van der Waals surface area contributed by atoms with Gasteiger partial charge in [-0.1, -0.05) is 0 Å². The summed E-state index contributed by atoms with van der Waals surface area (Å²) in [6.07, 6.45) is 2.70. The number of aromatic nitrogens is 6. The lowest BCUT2D eigenvalue weighted by Crippen LogP contribution is -2.06. The van der Waals surface area contributed by atoms with E-state index in [4.69, 9.17) is 0 Å². The van der Waals surface area contributed by atoms with Gasteiger partial charge in [-0.05, 0) is 12.1 Å². The lowest BCUT2D eigenvalue weighted by Gasteiger charge is -2.06. The van der Waals surface area contributed by atoms with Crippen LogP contribution in [0.15, 0.2) is 12.4 Å². The summed E-state index contributed by atoms with van der Waals surface area (Å²) in [6.45, 7) is 1.84. The normalized spacial score (nSPS) is 12.7. The third-order valence-corrected chi connectivity index (χ3v) is 2.07. The number of hydrogen-bond acceptors (Lipinski definition) is 6. The number of tetrazole rings is 1. The topological polar surface area (TPSA) is 89.6 Å². The first-order valence-corrected chi connectivity index (χ1v) is 4.84. The predicted molar refractivity (Wildman–Crippen MR) is 54.2 cm³/mol. The standard InChI is InChI=1S/C9H12N6O/c1-6-4-11-7(5-10-6)8(16)3-9-12-14-15(2)13-9/h4-5,8,16H,3H2,1-2H3. The minimum Gasteiger partial charge on any atom is -0.386 e. The van der Waals surface area contributed by atoms with Crippen LogP contribution in [0.3, 0.4) is 0 Å². The molecule has 7 heteroatoms. The molecular formula is C9H12N6O. The van der Waals surface area contributed by atoms with Gasteiger partial charge in [-0.25, -0.2) is 0 Å². The van der Waals surface area contributed by atoms with Crippen molar-refractivity contribution in [3.8, 4) is 0 Å². The molecule has 0 fully saturated rings. The summed E-state index contributed by atoms with van der Waals surface area (Å²) in [4.78, 5) is 9.50. The van der Waals surface area contributed by atoms with Gasteiger partial charge in [-0.15, -0.1) is 10.2 Å². The minimum atomic E-state index is -0.753. The van der Waals surface area contributed by atoms with E-state index in [0.717, 1.165) is 5.69 Å². The third kappa shape index (κ3) is 2.37. The van der Waals surface area contributed by atoms with Gasteiger partial charge in [0.1, 0.15) is 6.10 Å². The molecule has 16 heavy (non-hydrogen) atoms. The highest BCUT2D eigenvalue weighted by atomic mass is 16.3. The van der Waals surface area contributed by atoms with E-state index in [9.17, 15) is 5.11 Å². The lowest BCUT2D eigenvalue weighted by atomic mass is 10.2. The molecule has 1 N–H and O–H groups in total. The second-order valence-electron chi connectivity index (χ2n) is 3.50. The molecule has 0 radical (unpaired) electrons. The summed E-state index contributed by atoms with van der Waals surface area (Å²) in [6, 6.07) is 0. The molecule has 0 bridgehead atoms. The van der Waals surface area contributed by atoms with Crippen molar-refractivity contribution < 1.29 is 5.11 Å². The van der Waals surface area contributed by atoms with Crippen LogP contribution in [0.25, 0.3) is 0 Å². The average molecular weight is 220 g/mol. The van der Waals surface area contributed by atoms with Crippen molar-refractivity contribution >= 4 is 0 Å². The molecule has 0 aliphatic rings. The van der Waals surface area contributed by atoms with Gasteiger partial charge in [0, 0.05) is 12.6 Å². The minimum absolute atomic E-state index is 0.283. The van der Waals surface area contributed by atoms with Gasteiger partial charge in [-0.2, -0.15) is 4.80 Å². The second kappa shape index (κ2) is 4.31. The number of aliphatic hydroxyl groups is 1. The number of aryl methyl sites for hydroxylation is 2. The van der Waals surface area contributed by atoms with Crippen LogP contribution in [0.1, 0.15) is 23.3 Å². The summed E-state index contributed by atoms with van der Waals surface area (Å²) >= 11 is 0. The van der Waals surface area contributed by atoms with Crippen molar-refractivity contribution in [1.29, 1.82) is 0 Å². The Balaban J connectivity index is 2.08. The summed E-state index contributed by atoms with van der Waals surface area (Å²) < 4.78 is 0. The van der Waals surface area contributed by atoms with E-state index in [1.165, 1.54) is 4.80 Å². The van der Waals surface area contributed by atoms with Gasteiger partial charge < -0.3 is 5.11 Å². The van der Waals surface area contributed by atoms with Crippen LogP contribution >= 0.6 is 0 Å². The summed E-state index contributed by atoms with van der Waals surface area (Å²) in [5.41, 5.74) is 1.33. The van der Waals surface area contributed by atoms with Crippen LogP contribution in [0, 0.1) is 6.92 Å². The molecule has 0 saturated carbocycles. The maximum absolute atomic E-state index is 9.85. The predicted octanol–water partition coefficient (Wildman–Crippen LogP) is -0.415. The summed E-state index contributed by atoms with van der Waals surface area (Å²) in [7, 11) is 1.68. The highest BCUT2D eigenvalue weighted by molar-refractivity contribution is 5.05. The molecule has 2 heterocycles. The van der Waals surface area contributed by atoms with Crippen LogP contribution < -0.4 is 0 Å². The zero-order valence-corrected chi connectivity index (χ0v) is 9.07. The van der Waals surface area contributed by atoms with E-state index in [2.05, 4.69) is 25.4 Å². The van der Waals surface area contributed by atoms with Gasteiger partial charge >= 0.3 is 0 Å². The van der Waals surface area contributed by atoms with Gasteiger partial charge in [0.2, 0.25) is 0 Å². The molecule has 7 nitrogen and oxygen atoms in total. The first kappa shape index (κ1) is 10.6. The SMILES string of the molecule is Cc1cnc(C(O)Cc2nnn(C)n2)cn1. The van der Waals surface area contributed by atoms with Gasteiger partial charge in [0.05, 0.1) is 24.6 Å². The average Bonchev–Trinajstić information content (AvgIpc) is 2.65. The Morgan fingerprint density at radius 2 is 2.19 bits per heavy atom. The molecule has 2 rings (SSSR count). The molecule has 84 valence electrons. The number of aliphatic hydroxyl groups excluding tert-OH is 1. The van der Waals surface area contributed by atoms with Crippen molar-refractivity contribution in [1.82, 2.24) is 30.2 Å². The molecule has 2 aromatic rings. The fourth-order valence-electron chi connectivity index (χ4n) is 1.26. The monoisotopic (exact) mass is 220 g/mol. The fraction of sp³-hybridized carbons (Fsp3) is 0.444. The molecule has 1 unspecified atom stereocenters. The van der Waals surface area contributed by atoms with Crippen LogP contribution in [0.4, 0.5) is 0 Å². The van der Waals surface area contributed by atoms with Crippen molar-refractivity contribution in [2.24, 2.45) is 7.05 Å². The van der Waals surface area contributed by atoms with Crippen molar-refractivity contribution in [2.75, 3.05) is 0 Å². The zero-order valence-electron chi connectivity index (χ0n) is 9.07. The van der Waals surface area contributed by atoms with E-state index in [0.29, 0.717) is 11.5 Å². The maximum atomic E-state index is 9.85. The molecular weight excluding hydrogens is 208 g/mol. The van der Waals surface area contributed by atoms with E-state index in [1.807, 2.05) is 6.92 Å². The van der Waals surface area contributed by atoms with Crippen LogP contribution in [-0.4, -0.2) is 35.3 Å². The summed E-state index contributed by atoms with van der Waals surface area (Å²) in [5.74, 6) is 0.484. The third-order valence-electron chi connectivity index (χ3n) is 2.07.